The molecule has 0 bridgehead atoms. The van der Waals surface area contributed by atoms with Crippen LogP contribution in [0.2, 0.25) is 0 Å². The Bertz CT molecular complexity index is 1880. The lowest BCUT2D eigenvalue weighted by Gasteiger charge is -2.28. The molecule has 0 aromatic heterocycles. The largest absolute Gasteiger partial charge is 0.508 e. The average Bonchev–Trinajstić information content (AvgIpc) is 3.22. The molecule has 0 aliphatic heterocycles. The number of hydrogen-bond acceptors (Lipinski definition) is 16. The van der Waals surface area contributed by atoms with Crippen LogP contribution < -0.4 is 60.2 Å². The number of phenolic OH excluding ortho intramolecular Hbond substituents is 1. The van der Waals surface area contributed by atoms with Crippen LogP contribution in [0.5, 0.6) is 5.75 Å². The van der Waals surface area contributed by atoms with E-state index in [2.05, 4.69) is 36.9 Å². The molecule has 0 aliphatic carbocycles. The fraction of sp³-hybridized carbons (Fsp3) is 0.541. The Balaban J connectivity index is 3.28. The molecule has 362 valence electrons. The summed E-state index contributed by atoms with van der Waals surface area (Å²) in [5, 5.41) is 73.8. The topological polar surface area (TPSA) is 493 Å². The van der Waals surface area contributed by atoms with Gasteiger partial charge in [0, 0.05) is 19.4 Å². The third-order valence-electron chi connectivity index (χ3n) is 8.99. The van der Waals surface area contributed by atoms with E-state index in [0.717, 1.165) is 13.8 Å². The maximum atomic E-state index is 13.7. The van der Waals surface area contributed by atoms with E-state index >= 15 is 0 Å². The minimum absolute atomic E-state index is 0.0128. The number of carboxylic acids is 2. The van der Waals surface area contributed by atoms with Crippen LogP contribution in [-0.4, -0.2) is 170 Å². The maximum absolute atomic E-state index is 13.7. The zero-order chi connectivity index (χ0) is 49.6. The first-order chi connectivity index (χ1) is 30.4. The summed E-state index contributed by atoms with van der Waals surface area (Å²) in [6, 6.07) is -6.51. The van der Waals surface area contributed by atoms with Gasteiger partial charge in [-0.05, 0) is 50.8 Å². The second-order valence-corrected chi connectivity index (χ2v) is 14.5. The average molecular weight is 927 g/mol. The third kappa shape index (κ3) is 21.2. The van der Waals surface area contributed by atoms with Crippen LogP contribution in [0.4, 0.5) is 0 Å². The number of hydrogen-bond donors (Lipinski definition) is 17. The van der Waals surface area contributed by atoms with Gasteiger partial charge in [-0.3, -0.25) is 48.1 Å². The van der Waals surface area contributed by atoms with Gasteiger partial charge in [0.1, 0.15) is 48.0 Å². The third-order valence-corrected chi connectivity index (χ3v) is 8.99. The minimum atomic E-state index is -1.93. The highest BCUT2D eigenvalue weighted by molar-refractivity contribution is 5.98. The fourth-order valence-corrected chi connectivity index (χ4v) is 5.52. The molecule has 65 heavy (non-hydrogen) atoms. The van der Waals surface area contributed by atoms with Crippen LogP contribution in [-0.2, 0) is 54.4 Å². The van der Waals surface area contributed by atoms with E-state index < -0.39 is 146 Å². The van der Waals surface area contributed by atoms with Crippen molar-refractivity contribution < 1.29 is 78.6 Å². The number of carbonyl (C=O) groups excluding carboxylic acids is 8. The number of nitrogens with zero attached hydrogens (tertiary/aromatic N) is 1. The number of benzene rings is 1. The van der Waals surface area contributed by atoms with E-state index in [-0.39, 0.29) is 37.5 Å². The zero-order valence-corrected chi connectivity index (χ0v) is 35.4. The smallest absolute Gasteiger partial charge is 0.326 e. The molecule has 0 unspecified atom stereocenters. The number of aliphatic imine (C=N–C) groups is 1. The molecule has 9 atom stereocenters. The summed E-state index contributed by atoms with van der Waals surface area (Å²) < 4.78 is 0. The summed E-state index contributed by atoms with van der Waals surface area (Å²) in [6.45, 7) is 0.365. The van der Waals surface area contributed by atoms with Gasteiger partial charge >= 0.3 is 11.9 Å². The first-order valence-electron chi connectivity index (χ1n) is 19.7. The fourth-order valence-electron chi connectivity index (χ4n) is 5.52. The molecule has 8 amide bonds. The number of guanidine groups is 1. The quantitative estimate of drug-likeness (QED) is 0.0201. The summed E-state index contributed by atoms with van der Waals surface area (Å²) in [6.07, 6.45) is -6.02. The van der Waals surface area contributed by atoms with Crippen LogP contribution in [0, 0.1) is 0 Å². The van der Waals surface area contributed by atoms with Crippen LogP contribution in [0.1, 0.15) is 51.5 Å². The van der Waals surface area contributed by atoms with Crippen molar-refractivity contribution in [2.24, 2.45) is 27.9 Å². The summed E-state index contributed by atoms with van der Waals surface area (Å²) >= 11 is 0. The van der Waals surface area contributed by atoms with Gasteiger partial charge in [-0.2, -0.15) is 0 Å². The van der Waals surface area contributed by atoms with Crippen molar-refractivity contribution >= 4 is 65.2 Å². The van der Waals surface area contributed by atoms with Gasteiger partial charge in [-0.1, -0.05) is 12.1 Å². The Morgan fingerprint density at radius 2 is 1.17 bits per heavy atom. The van der Waals surface area contributed by atoms with Gasteiger partial charge in [0.15, 0.2) is 5.96 Å². The molecule has 0 spiro atoms. The Hall–Kier alpha value is -7.17. The van der Waals surface area contributed by atoms with Crippen molar-refractivity contribution in [2.45, 2.75) is 107 Å². The van der Waals surface area contributed by atoms with E-state index in [4.69, 9.17) is 28.0 Å². The van der Waals surface area contributed by atoms with Gasteiger partial charge in [0.05, 0.1) is 31.8 Å². The molecule has 28 nitrogen and oxygen atoms in total. The lowest BCUT2D eigenvalue weighted by molar-refractivity contribution is -0.142. The Morgan fingerprint density at radius 1 is 0.662 bits per heavy atom. The number of carbonyl (C=O) groups is 10. The highest BCUT2D eigenvalue weighted by Gasteiger charge is 2.36. The number of aliphatic hydroxyl groups is 3. The molecule has 0 saturated heterocycles. The number of primary amides is 1. The normalized spacial score (nSPS) is 15.0. The first kappa shape index (κ1) is 55.8. The van der Waals surface area contributed by atoms with E-state index in [1.54, 1.807) is 0 Å². The molecule has 0 aliphatic rings. The summed E-state index contributed by atoms with van der Waals surface area (Å²) in [5.41, 5.74) is 21.8. The zero-order valence-electron chi connectivity index (χ0n) is 35.4. The standard InChI is InChI=1S/C37H58N12O16/c1-16(51)28(34(62)43-14-26(55)44-24(36(64)65)12-18-5-7-19(53)8-6-18)48-31(59)21(4-3-11-42-37(40)41)46-35(63)29(17(2)52)49-32(60)22(9-10-25(39)54)45-33(61)23(13-27(56)57)47-30(58)20(38)15-50/h5-8,16-17,20-24,28-29,50-53H,3-4,9-15,38H2,1-2H3,(H2,39,54)(H,43,62)(H,44,55)(H,45,61)(H,46,63)(H,47,58)(H,48,59)(H,49,60)(H,56,57)(H,64,65)(H4,40,41,42)/t16-,17-,20+,21+,22+,23+,24+,28+,29+/m1/s1. The maximum Gasteiger partial charge on any atom is 0.326 e. The van der Waals surface area contributed by atoms with E-state index in [1.807, 2.05) is 5.32 Å². The molecule has 21 N–H and O–H groups in total. The molecule has 0 radical (unpaired) electrons. The molecule has 1 aromatic carbocycles. The Labute approximate surface area is 370 Å². The Kier molecular flexibility index (Phi) is 23.9. The molecule has 0 saturated carbocycles. The molecule has 0 heterocycles. The molecule has 28 heteroatoms. The van der Waals surface area contributed by atoms with Crippen molar-refractivity contribution in [1.29, 1.82) is 0 Å². The number of phenols is 1. The Morgan fingerprint density at radius 3 is 1.66 bits per heavy atom. The predicted molar refractivity (Wildman–Crippen MR) is 223 cm³/mol. The van der Waals surface area contributed by atoms with Crippen molar-refractivity contribution in [3.8, 4) is 5.75 Å². The SMILES string of the molecule is C[C@@H](O)[C@H](NC(=O)[C@H](CCCN=C(N)N)NC(=O)[C@@H](NC(=O)[C@H](CCC(N)=O)NC(=O)[C@H](CC(=O)O)NC(=O)[C@@H](N)CO)[C@@H](C)O)C(=O)NCC(=O)N[C@@H](Cc1ccc(O)cc1)C(=O)O. The van der Waals surface area contributed by atoms with Gasteiger partial charge in [0.2, 0.25) is 47.3 Å². The van der Waals surface area contributed by atoms with Crippen molar-refractivity contribution in [3.05, 3.63) is 29.8 Å². The van der Waals surface area contributed by atoms with Crippen molar-refractivity contribution in [2.75, 3.05) is 19.7 Å². The van der Waals surface area contributed by atoms with E-state index in [1.165, 1.54) is 24.3 Å². The predicted octanol–water partition coefficient (Wildman–Crippen LogP) is -8.08. The minimum Gasteiger partial charge on any atom is -0.508 e. The lowest BCUT2D eigenvalue weighted by Crippen LogP contribution is -2.62. The van der Waals surface area contributed by atoms with E-state index in [0.29, 0.717) is 5.56 Å². The van der Waals surface area contributed by atoms with Crippen LogP contribution in [0.25, 0.3) is 0 Å². The number of amides is 8. The molecular weight excluding hydrogens is 868 g/mol. The second-order valence-electron chi connectivity index (χ2n) is 14.5. The van der Waals surface area contributed by atoms with Gasteiger partial charge in [-0.15, -0.1) is 0 Å². The van der Waals surface area contributed by atoms with Gasteiger partial charge in [0.25, 0.3) is 0 Å². The number of aromatic hydroxyl groups is 1. The first-order valence-corrected chi connectivity index (χ1v) is 19.7. The molecular formula is C37H58N12O16. The van der Waals surface area contributed by atoms with Gasteiger partial charge in [-0.25, -0.2) is 4.79 Å². The monoisotopic (exact) mass is 926 g/mol. The number of aliphatic carboxylic acids is 2. The highest BCUT2D eigenvalue weighted by Crippen LogP contribution is 2.12. The molecule has 1 rings (SSSR count). The van der Waals surface area contributed by atoms with Crippen molar-refractivity contribution in [3.63, 3.8) is 0 Å². The van der Waals surface area contributed by atoms with E-state index in [9.17, 15) is 73.5 Å². The highest BCUT2D eigenvalue weighted by atomic mass is 16.4. The second kappa shape index (κ2) is 27.8. The molecule has 1 aromatic rings. The van der Waals surface area contributed by atoms with Crippen LogP contribution >= 0.6 is 0 Å². The van der Waals surface area contributed by atoms with Crippen LogP contribution in [0.15, 0.2) is 29.3 Å². The van der Waals surface area contributed by atoms with Gasteiger partial charge < -0.3 is 90.8 Å². The summed E-state index contributed by atoms with van der Waals surface area (Å²) in [7, 11) is 0. The summed E-state index contributed by atoms with van der Waals surface area (Å²) in [4.78, 5) is 131. The number of aliphatic hydroxyl groups excluding tert-OH is 3. The number of carboxylic acid groups (broad SMARTS) is 2. The number of nitrogens with two attached hydrogens (primary N) is 4. The molecule has 0 fully saturated rings. The summed E-state index contributed by atoms with van der Waals surface area (Å²) in [5.74, 6) is -12.5. The van der Waals surface area contributed by atoms with Crippen LogP contribution in [0.3, 0.4) is 0 Å². The number of rotatable bonds is 29. The lowest BCUT2D eigenvalue weighted by atomic mass is 10.0. The number of nitrogens with one attached hydrogen (secondary N) is 7. The van der Waals surface area contributed by atoms with Crippen molar-refractivity contribution in [1.82, 2.24) is 37.2 Å².